The summed E-state index contributed by atoms with van der Waals surface area (Å²) in [5, 5.41) is 10.9. The highest BCUT2D eigenvalue weighted by molar-refractivity contribution is 7.09. The van der Waals surface area contributed by atoms with Crippen LogP contribution in [0.3, 0.4) is 0 Å². The number of nitrogens with one attached hydrogen (secondary N) is 1. The third-order valence-corrected chi connectivity index (χ3v) is 3.46. The second-order valence-electron chi connectivity index (χ2n) is 4.03. The van der Waals surface area contributed by atoms with Crippen LogP contribution in [-0.4, -0.2) is 14.8 Å². The zero-order chi connectivity index (χ0) is 12.1. The molecular formula is C12H18N4S. The molecular weight excluding hydrogens is 232 g/mol. The minimum atomic E-state index is 0.829. The third kappa shape index (κ3) is 3.38. The lowest BCUT2D eigenvalue weighted by Crippen LogP contribution is -2.16. The van der Waals surface area contributed by atoms with Gasteiger partial charge in [0.25, 0.3) is 0 Å². The van der Waals surface area contributed by atoms with Crippen LogP contribution in [0.25, 0.3) is 0 Å². The van der Waals surface area contributed by atoms with E-state index in [1.165, 1.54) is 5.69 Å². The van der Waals surface area contributed by atoms with E-state index < -0.39 is 0 Å². The summed E-state index contributed by atoms with van der Waals surface area (Å²) in [6.45, 7) is 6.85. The molecule has 92 valence electrons. The van der Waals surface area contributed by atoms with Crippen molar-refractivity contribution in [3.8, 4) is 0 Å². The Morgan fingerprint density at radius 3 is 3.00 bits per heavy atom. The van der Waals surface area contributed by atoms with E-state index >= 15 is 0 Å². The summed E-state index contributed by atoms with van der Waals surface area (Å²) in [6, 6.07) is 2.07. The van der Waals surface area contributed by atoms with Gasteiger partial charge in [-0.05, 0) is 19.4 Å². The highest BCUT2D eigenvalue weighted by atomic mass is 32.1. The van der Waals surface area contributed by atoms with Crippen LogP contribution in [0.15, 0.2) is 17.6 Å². The normalized spacial score (nSPS) is 10.9. The Morgan fingerprint density at radius 1 is 1.41 bits per heavy atom. The van der Waals surface area contributed by atoms with E-state index in [-0.39, 0.29) is 0 Å². The van der Waals surface area contributed by atoms with Gasteiger partial charge in [-0.15, -0.1) is 11.3 Å². The van der Waals surface area contributed by atoms with Gasteiger partial charge in [0.1, 0.15) is 5.01 Å². The van der Waals surface area contributed by atoms with Crippen molar-refractivity contribution in [1.82, 2.24) is 20.1 Å². The lowest BCUT2D eigenvalue weighted by molar-refractivity contribution is 0.549. The number of aromatic nitrogens is 3. The lowest BCUT2D eigenvalue weighted by Gasteiger charge is -2.06. The minimum absolute atomic E-state index is 0.829. The van der Waals surface area contributed by atoms with Crippen LogP contribution in [0.5, 0.6) is 0 Å². The fourth-order valence-corrected chi connectivity index (χ4v) is 2.45. The number of hydrogen-bond donors (Lipinski definition) is 1. The molecule has 0 aliphatic carbocycles. The molecule has 0 bridgehead atoms. The SMILES string of the molecule is CCCn1nccc1CNCc1nc(C)cs1. The summed E-state index contributed by atoms with van der Waals surface area (Å²) in [5.74, 6) is 0. The molecule has 2 aromatic heterocycles. The Labute approximate surface area is 106 Å². The average Bonchev–Trinajstić information content (AvgIpc) is 2.90. The summed E-state index contributed by atoms with van der Waals surface area (Å²) in [6.07, 6.45) is 2.97. The van der Waals surface area contributed by atoms with Gasteiger partial charge in [-0.2, -0.15) is 5.10 Å². The van der Waals surface area contributed by atoms with Gasteiger partial charge in [0, 0.05) is 36.9 Å². The molecule has 0 saturated carbocycles. The summed E-state index contributed by atoms with van der Waals surface area (Å²) in [5.41, 5.74) is 2.34. The molecule has 0 spiro atoms. The van der Waals surface area contributed by atoms with Gasteiger partial charge in [0.15, 0.2) is 0 Å². The number of aryl methyl sites for hydroxylation is 2. The van der Waals surface area contributed by atoms with Crippen LogP contribution in [0.1, 0.15) is 29.7 Å². The van der Waals surface area contributed by atoms with Gasteiger partial charge in [-0.3, -0.25) is 4.68 Å². The monoisotopic (exact) mass is 250 g/mol. The maximum Gasteiger partial charge on any atom is 0.107 e. The maximum absolute atomic E-state index is 4.42. The average molecular weight is 250 g/mol. The molecule has 0 unspecified atom stereocenters. The molecule has 4 nitrogen and oxygen atoms in total. The molecule has 0 atom stereocenters. The van der Waals surface area contributed by atoms with Crippen LogP contribution in [0, 0.1) is 6.92 Å². The van der Waals surface area contributed by atoms with E-state index in [0.717, 1.165) is 36.8 Å². The van der Waals surface area contributed by atoms with Gasteiger partial charge in [0.2, 0.25) is 0 Å². The van der Waals surface area contributed by atoms with Gasteiger partial charge < -0.3 is 5.32 Å². The predicted molar refractivity (Wildman–Crippen MR) is 69.9 cm³/mol. The van der Waals surface area contributed by atoms with Crippen molar-refractivity contribution in [2.24, 2.45) is 0 Å². The number of thiazole rings is 1. The van der Waals surface area contributed by atoms with E-state index in [4.69, 9.17) is 0 Å². The largest absolute Gasteiger partial charge is 0.305 e. The summed E-state index contributed by atoms with van der Waals surface area (Å²) < 4.78 is 2.06. The number of hydrogen-bond acceptors (Lipinski definition) is 4. The molecule has 0 amide bonds. The summed E-state index contributed by atoms with van der Waals surface area (Å²) >= 11 is 1.71. The van der Waals surface area contributed by atoms with Crippen LogP contribution < -0.4 is 5.32 Å². The first-order valence-electron chi connectivity index (χ1n) is 5.92. The zero-order valence-electron chi connectivity index (χ0n) is 10.3. The van der Waals surface area contributed by atoms with E-state index in [1.54, 1.807) is 11.3 Å². The third-order valence-electron chi connectivity index (χ3n) is 2.49. The van der Waals surface area contributed by atoms with E-state index in [2.05, 4.69) is 38.5 Å². The molecule has 0 aromatic carbocycles. The molecule has 0 aliphatic heterocycles. The fourth-order valence-electron chi connectivity index (χ4n) is 1.70. The second kappa shape index (κ2) is 5.93. The Morgan fingerprint density at radius 2 is 2.29 bits per heavy atom. The summed E-state index contributed by atoms with van der Waals surface area (Å²) in [4.78, 5) is 4.42. The molecule has 1 N–H and O–H groups in total. The smallest absolute Gasteiger partial charge is 0.107 e. The fraction of sp³-hybridized carbons (Fsp3) is 0.500. The molecule has 0 aliphatic rings. The molecule has 0 radical (unpaired) electrons. The topological polar surface area (TPSA) is 42.7 Å². The van der Waals surface area contributed by atoms with E-state index in [9.17, 15) is 0 Å². The molecule has 5 heteroatoms. The first-order chi connectivity index (χ1) is 8.29. The predicted octanol–water partition coefficient (Wildman–Crippen LogP) is 2.35. The van der Waals surface area contributed by atoms with Gasteiger partial charge in [-0.25, -0.2) is 4.98 Å². The van der Waals surface area contributed by atoms with Gasteiger partial charge >= 0.3 is 0 Å². The Kier molecular flexibility index (Phi) is 4.28. The summed E-state index contributed by atoms with van der Waals surface area (Å²) in [7, 11) is 0. The van der Waals surface area contributed by atoms with Crippen molar-refractivity contribution in [2.45, 2.75) is 39.9 Å². The second-order valence-corrected chi connectivity index (χ2v) is 4.97. The minimum Gasteiger partial charge on any atom is -0.305 e. The van der Waals surface area contributed by atoms with E-state index in [1.807, 2.05) is 13.1 Å². The Bertz CT molecular complexity index is 461. The van der Waals surface area contributed by atoms with Crippen LogP contribution >= 0.6 is 11.3 Å². The van der Waals surface area contributed by atoms with Crippen molar-refractivity contribution >= 4 is 11.3 Å². The standard InChI is InChI=1S/C12H18N4S/c1-3-6-16-11(4-5-14-16)7-13-8-12-15-10(2)9-17-12/h4-5,9,13H,3,6-8H2,1-2H3. The molecule has 17 heavy (non-hydrogen) atoms. The molecule has 0 fully saturated rings. The molecule has 2 aromatic rings. The van der Waals surface area contributed by atoms with Crippen molar-refractivity contribution in [1.29, 1.82) is 0 Å². The van der Waals surface area contributed by atoms with Crippen molar-refractivity contribution < 1.29 is 0 Å². The van der Waals surface area contributed by atoms with Crippen LogP contribution in [0.4, 0.5) is 0 Å². The first kappa shape index (κ1) is 12.3. The first-order valence-corrected chi connectivity index (χ1v) is 6.80. The van der Waals surface area contributed by atoms with Crippen molar-refractivity contribution in [2.75, 3.05) is 0 Å². The Balaban J connectivity index is 1.83. The lowest BCUT2D eigenvalue weighted by atomic mass is 10.4. The maximum atomic E-state index is 4.42. The Hall–Kier alpha value is -1.20. The molecule has 2 rings (SSSR count). The van der Waals surface area contributed by atoms with Crippen molar-refractivity contribution in [3.63, 3.8) is 0 Å². The number of rotatable bonds is 6. The number of nitrogens with zero attached hydrogens (tertiary/aromatic N) is 3. The quantitative estimate of drug-likeness (QED) is 0.855. The van der Waals surface area contributed by atoms with Crippen LogP contribution in [-0.2, 0) is 19.6 Å². The van der Waals surface area contributed by atoms with Gasteiger partial charge in [0.05, 0.1) is 5.69 Å². The van der Waals surface area contributed by atoms with Crippen molar-refractivity contribution in [3.05, 3.63) is 34.0 Å². The van der Waals surface area contributed by atoms with Gasteiger partial charge in [-0.1, -0.05) is 6.92 Å². The van der Waals surface area contributed by atoms with E-state index in [0.29, 0.717) is 0 Å². The zero-order valence-corrected chi connectivity index (χ0v) is 11.1. The van der Waals surface area contributed by atoms with Crippen LogP contribution in [0.2, 0.25) is 0 Å². The highest BCUT2D eigenvalue weighted by Crippen LogP contribution is 2.08. The molecule has 0 saturated heterocycles. The highest BCUT2D eigenvalue weighted by Gasteiger charge is 2.02. The molecule has 2 heterocycles.